The van der Waals surface area contributed by atoms with Crippen LogP contribution in [0.1, 0.15) is 18.0 Å². The van der Waals surface area contributed by atoms with E-state index in [0.717, 1.165) is 0 Å². The number of hydrogen-bond acceptors (Lipinski definition) is 6. The summed E-state index contributed by atoms with van der Waals surface area (Å²) >= 11 is 0. The highest BCUT2D eigenvalue weighted by molar-refractivity contribution is 5.86. The van der Waals surface area contributed by atoms with Crippen molar-refractivity contribution in [2.75, 3.05) is 41.1 Å². The van der Waals surface area contributed by atoms with Gasteiger partial charge in [0.05, 0.1) is 20.3 Å². The molecule has 0 aliphatic carbocycles. The van der Waals surface area contributed by atoms with E-state index in [9.17, 15) is 9.59 Å². The van der Waals surface area contributed by atoms with Crippen LogP contribution in [0.3, 0.4) is 0 Å². The predicted molar refractivity (Wildman–Crippen MR) is 89.7 cm³/mol. The van der Waals surface area contributed by atoms with E-state index in [1.54, 1.807) is 32.4 Å². The van der Waals surface area contributed by atoms with Gasteiger partial charge in [-0.15, -0.1) is 0 Å². The van der Waals surface area contributed by atoms with Gasteiger partial charge < -0.3 is 29.6 Å². The molecule has 1 fully saturated rings. The van der Waals surface area contributed by atoms with E-state index in [1.165, 1.54) is 7.11 Å². The number of ether oxygens (including phenoxy) is 4. The van der Waals surface area contributed by atoms with Gasteiger partial charge in [0.25, 0.3) is 5.91 Å². The van der Waals surface area contributed by atoms with Crippen molar-refractivity contribution in [2.24, 2.45) is 0 Å². The highest BCUT2D eigenvalue weighted by Crippen LogP contribution is 2.32. The number of benzene rings is 1. The first-order valence-electron chi connectivity index (χ1n) is 8.00. The topological polar surface area (TPSA) is 95.1 Å². The molecule has 0 radical (unpaired) electrons. The second-order valence-corrected chi connectivity index (χ2v) is 5.53. The Morgan fingerprint density at radius 3 is 2.72 bits per heavy atom. The van der Waals surface area contributed by atoms with Crippen LogP contribution in [-0.2, 0) is 19.1 Å². The largest absolute Gasteiger partial charge is 0.493 e. The summed E-state index contributed by atoms with van der Waals surface area (Å²) in [5.41, 5.74) is 0.697. The normalized spacial score (nSPS) is 19.9. The molecule has 0 unspecified atom stereocenters. The minimum Gasteiger partial charge on any atom is -0.493 e. The number of methoxy groups -OCH3 is 3. The van der Waals surface area contributed by atoms with Crippen molar-refractivity contribution < 1.29 is 28.5 Å². The molecule has 1 aromatic carbocycles. The Morgan fingerprint density at radius 1 is 1.28 bits per heavy atom. The minimum atomic E-state index is -0.821. The maximum absolute atomic E-state index is 12.4. The molecular weight excluding hydrogens is 328 g/mol. The Balaban J connectivity index is 2.16. The predicted octanol–water partition coefficient (Wildman–Crippen LogP) is 0.413. The maximum Gasteiger partial charge on any atom is 0.251 e. The molecule has 2 N–H and O–H groups in total. The summed E-state index contributed by atoms with van der Waals surface area (Å²) in [7, 11) is 4.67. The van der Waals surface area contributed by atoms with Gasteiger partial charge in [0.2, 0.25) is 5.91 Å². The zero-order chi connectivity index (χ0) is 18.2. The molecule has 2 amide bonds. The van der Waals surface area contributed by atoms with Crippen LogP contribution in [0.25, 0.3) is 0 Å². The van der Waals surface area contributed by atoms with Crippen molar-refractivity contribution in [1.29, 1.82) is 0 Å². The molecule has 8 heteroatoms. The van der Waals surface area contributed by atoms with Crippen LogP contribution in [0, 0.1) is 0 Å². The van der Waals surface area contributed by atoms with Gasteiger partial charge in [0, 0.05) is 20.3 Å². The summed E-state index contributed by atoms with van der Waals surface area (Å²) in [6.45, 7) is 0.876. The molecule has 1 aromatic rings. The first kappa shape index (κ1) is 19.0. The Bertz CT molecular complexity index is 607. The van der Waals surface area contributed by atoms with Crippen molar-refractivity contribution >= 4 is 11.8 Å². The lowest BCUT2D eigenvalue weighted by Gasteiger charge is -2.32. The molecule has 0 saturated carbocycles. The van der Waals surface area contributed by atoms with E-state index in [-0.39, 0.29) is 18.4 Å². The van der Waals surface area contributed by atoms with Gasteiger partial charge in [-0.3, -0.25) is 9.59 Å². The van der Waals surface area contributed by atoms with Gasteiger partial charge in [-0.25, -0.2) is 0 Å². The first-order valence-corrected chi connectivity index (χ1v) is 8.00. The first-order chi connectivity index (χ1) is 12.1. The third-order valence-electron chi connectivity index (χ3n) is 3.86. The standard InChI is InChI=1S/C17H24N2O6/c1-22-8-4-7-18-17(21)16-15(19-14(20)10-25-16)11-5-6-12(23-2)13(9-11)24-3/h5-6,9,15-16H,4,7-8,10H2,1-3H3,(H,18,21)(H,19,20)/t15-,16+/m1/s1. The quantitative estimate of drug-likeness (QED) is 0.658. The van der Waals surface area contributed by atoms with E-state index >= 15 is 0 Å². The summed E-state index contributed by atoms with van der Waals surface area (Å²) in [6, 6.07) is 4.61. The lowest BCUT2D eigenvalue weighted by molar-refractivity contribution is -0.148. The van der Waals surface area contributed by atoms with Gasteiger partial charge >= 0.3 is 0 Å². The average Bonchev–Trinajstić information content (AvgIpc) is 2.64. The minimum absolute atomic E-state index is 0.153. The molecular formula is C17H24N2O6. The second kappa shape index (κ2) is 9.24. The fourth-order valence-corrected chi connectivity index (χ4v) is 2.61. The monoisotopic (exact) mass is 352 g/mol. The van der Waals surface area contributed by atoms with Crippen LogP contribution in [0.5, 0.6) is 11.5 Å². The van der Waals surface area contributed by atoms with Gasteiger partial charge in [0.15, 0.2) is 17.6 Å². The number of morpholine rings is 1. The molecule has 25 heavy (non-hydrogen) atoms. The van der Waals surface area contributed by atoms with Crippen molar-refractivity contribution in [3.05, 3.63) is 23.8 Å². The van der Waals surface area contributed by atoms with Crippen LogP contribution < -0.4 is 20.1 Å². The summed E-state index contributed by atoms with van der Waals surface area (Å²) in [5.74, 6) is 0.521. The maximum atomic E-state index is 12.4. The average molecular weight is 352 g/mol. The van der Waals surface area contributed by atoms with Crippen LogP contribution in [-0.4, -0.2) is 59.0 Å². The zero-order valence-electron chi connectivity index (χ0n) is 14.7. The number of amides is 2. The van der Waals surface area contributed by atoms with Gasteiger partial charge in [0.1, 0.15) is 6.61 Å². The van der Waals surface area contributed by atoms with E-state index in [1.807, 2.05) is 0 Å². The molecule has 1 aliphatic rings. The zero-order valence-corrected chi connectivity index (χ0v) is 14.7. The summed E-state index contributed by atoms with van der Waals surface area (Å²) < 4.78 is 20.9. The Labute approximate surface area is 146 Å². The Morgan fingerprint density at radius 2 is 2.04 bits per heavy atom. The number of carbonyl (C=O) groups is 2. The van der Waals surface area contributed by atoms with Crippen molar-refractivity contribution in [1.82, 2.24) is 10.6 Å². The van der Waals surface area contributed by atoms with Crippen molar-refractivity contribution in [3.8, 4) is 11.5 Å². The molecule has 1 aliphatic heterocycles. The summed E-state index contributed by atoms with van der Waals surface area (Å²) in [5, 5.41) is 5.61. The van der Waals surface area contributed by atoms with Crippen LogP contribution in [0.4, 0.5) is 0 Å². The van der Waals surface area contributed by atoms with Crippen LogP contribution >= 0.6 is 0 Å². The van der Waals surface area contributed by atoms with Crippen LogP contribution in [0.15, 0.2) is 18.2 Å². The van der Waals surface area contributed by atoms with Crippen molar-refractivity contribution in [3.63, 3.8) is 0 Å². The molecule has 0 aromatic heterocycles. The van der Waals surface area contributed by atoms with Crippen molar-refractivity contribution in [2.45, 2.75) is 18.6 Å². The molecule has 0 bridgehead atoms. The second-order valence-electron chi connectivity index (χ2n) is 5.53. The third kappa shape index (κ3) is 4.83. The molecule has 1 saturated heterocycles. The van der Waals surface area contributed by atoms with Gasteiger partial charge in [-0.1, -0.05) is 6.07 Å². The molecule has 1 heterocycles. The van der Waals surface area contributed by atoms with E-state index in [4.69, 9.17) is 18.9 Å². The van der Waals surface area contributed by atoms with Crippen LogP contribution in [0.2, 0.25) is 0 Å². The molecule has 2 rings (SSSR count). The Kier molecular flexibility index (Phi) is 7.03. The number of nitrogens with one attached hydrogen (secondary N) is 2. The fraction of sp³-hybridized carbons (Fsp3) is 0.529. The highest BCUT2D eigenvalue weighted by Gasteiger charge is 2.36. The molecule has 2 atom stereocenters. The smallest absolute Gasteiger partial charge is 0.251 e. The van der Waals surface area contributed by atoms with E-state index in [0.29, 0.717) is 36.6 Å². The highest BCUT2D eigenvalue weighted by atomic mass is 16.5. The molecule has 8 nitrogen and oxygen atoms in total. The van der Waals surface area contributed by atoms with Gasteiger partial charge in [-0.2, -0.15) is 0 Å². The fourth-order valence-electron chi connectivity index (χ4n) is 2.61. The summed E-state index contributed by atoms with van der Waals surface area (Å²) in [4.78, 5) is 24.2. The number of rotatable bonds is 8. The lowest BCUT2D eigenvalue weighted by Crippen LogP contribution is -2.52. The Hall–Kier alpha value is -2.32. The van der Waals surface area contributed by atoms with E-state index in [2.05, 4.69) is 10.6 Å². The van der Waals surface area contributed by atoms with E-state index < -0.39 is 12.1 Å². The lowest BCUT2D eigenvalue weighted by atomic mass is 9.98. The number of hydrogen-bond donors (Lipinski definition) is 2. The molecule has 138 valence electrons. The summed E-state index contributed by atoms with van der Waals surface area (Å²) in [6.07, 6.45) is -0.124. The SMILES string of the molecule is COCCCNC(=O)[C@H]1OCC(=O)N[C@@H]1c1ccc(OC)c(OC)c1. The molecule has 0 spiro atoms. The number of carbonyl (C=O) groups excluding carboxylic acids is 2. The van der Waals surface area contributed by atoms with Gasteiger partial charge in [-0.05, 0) is 24.1 Å². The third-order valence-corrected chi connectivity index (χ3v) is 3.86.